The van der Waals surface area contributed by atoms with Crippen molar-refractivity contribution < 1.29 is 18.7 Å². The van der Waals surface area contributed by atoms with Gasteiger partial charge in [-0.15, -0.1) is 0 Å². The van der Waals surface area contributed by atoms with Crippen molar-refractivity contribution in [3.05, 3.63) is 71.1 Å². The van der Waals surface area contributed by atoms with Gasteiger partial charge in [-0.05, 0) is 36.1 Å². The lowest BCUT2D eigenvalue weighted by atomic mass is 9.85. The van der Waals surface area contributed by atoms with Gasteiger partial charge in [0, 0.05) is 12.0 Å². The van der Waals surface area contributed by atoms with Crippen LogP contribution >= 0.6 is 0 Å². The second-order valence-electron chi connectivity index (χ2n) is 8.88. The fourth-order valence-electron chi connectivity index (χ4n) is 4.03. The molecule has 29 heavy (non-hydrogen) atoms. The van der Waals surface area contributed by atoms with E-state index in [2.05, 4.69) is 38.2 Å². The first kappa shape index (κ1) is 19.6. The summed E-state index contributed by atoms with van der Waals surface area (Å²) in [4.78, 5) is 12.8. The van der Waals surface area contributed by atoms with E-state index in [0.717, 1.165) is 11.3 Å². The van der Waals surface area contributed by atoms with Gasteiger partial charge in [-0.3, -0.25) is 4.79 Å². The number of nitrogens with one attached hydrogen (secondary N) is 1. The van der Waals surface area contributed by atoms with Crippen LogP contribution in [0.3, 0.4) is 0 Å². The first-order valence-corrected chi connectivity index (χ1v) is 9.88. The molecule has 0 saturated carbocycles. The van der Waals surface area contributed by atoms with Gasteiger partial charge in [-0.2, -0.15) is 0 Å². The highest BCUT2D eigenvalue weighted by atomic mass is 19.1. The van der Waals surface area contributed by atoms with Gasteiger partial charge in [0.15, 0.2) is 5.60 Å². The molecule has 1 spiro atoms. The summed E-state index contributed by atoms with van der Waals surface area (Å²) in [5, 5.41) is 2.65. The van der Waals surface area contributed by atoms with Crippen molar-refractivity contribution in [3.63, 3.8) is 0 Å². The van der Waals surface area contributed by atoms with Crippen molar-refractivity contribution in [2.24, 2.45) is 0 Å². The summed E-state index contributed by atoms with van der Waals surface area (Å²) >= 11 is 0. The van der Waals surface area contributed by atoms with E-state index in [1.807, 2.05) is 25.1 Å². The third-order valence-corrected chi connectivity index (χ3v) is 5.54. The predicted octanol–water partition coefficient (Wildman–Crippen LogP) is 5.08. The third kappa shape index (κ3) is 3.55. The third-order valence-electron chi connectivity index (χ3n) is 5.54. The van der Waals surface area contributed by atoms with Crippen molar-refractivity contribution in [1.29, 1.82) is 0 Å². The van der Waals surface area contributed by atoms with E-state index < -0.39 is 17.5 Å². The monoisotopic (exact) mass is 395 g/mol. The Labute approximate surface area is 170 Å². The molecule has 0 fully saturated rings. The van der Waals surface area contributed by atoms with Crippen LogP contribution in [-0.2, 0) is 20.5 Å². The number of ether oxygens (including phenoxy) is 2. The molecule has 0 aliphatic carbocycles. The minimum absolute atomic E-state index is 0.0791. The van der Waals surface area contributed by atoms with Gasteiger partial charge in [0.2, 0.25) is 0 Å². The zero-order valence-electron chi connectivity index (χ0n) is 17.2. The van der Waals surface area contributed by atoms with Gasteiger partial charge >= 0.3 is 0 Å². The van der Waals surface area contributed by atoms with Crippen LogP contribution < -0.4 is 10.1 Å². The normalized spacial score (nSPS) is 23.6. The molecule has 0 bridgehead atoms. The molecule has 5 heteroatoms. The number of carbonyl (C=O) groups is 1. The quantitative estimate of drug-likeness (QED) is 0.737. The summed E-state index contributed by atoms with van der Waals surface area (Å²) in [5.74, 6) is -0.0329. The Morgan fingerprint density at radius 3 is 2.62 bits per heavy atom. The van der Waals surface area contributed by atoms with Crippen LogP contribution in [-0.4, -0.2) is 18.6 Å². The van der Waals surface area contributed by atoms with Gasteiger partial charge in [0.05, 0.1) is 5.69 Å². The van der Waals surface area contributed by atoms with Gasteiger partial charge in [-0.1, -0.05) is 56.7 Å². The molecule has 4 nitrogen and oxygen atoms in total. The Bertz CT molecular complexity index is 975. The van der Waals surface area contributed by atoms with Crippen LogP contribution in [0.25, 0.3) is 0 Å². The summed E-state index contributed by atoms with van der Waals surface area (Å²) in [6, 6.07) is 12.7. The Kier molecular flexibility index (Phi) is 4.74. The minimum atomic E-state index is -1.21. The molecule has 2 atom stereocenters. The summed E-state index contributed by atoms with van der Waals surface area (Å²) in [6.07, 6.45) is 1.96. The second kappa shape index (κ2) is 6.99. The average molecular weight is 395 g/mol. The van der Waals surface area contributed by atoms with Crippen LogP contribution in [0.15, 0.2) is 54.1 Å². The van der Waals surface area contributed by atoms with E-state index in [1.54, 1.807) is 12.1 Å². The Hall–Kier alpha value is -2.66. The Morgan fingerprint density at radius 1 is 1.21 bits per heavy atom. The molecule has 1 N–H and O–H groups in total. The van der Waals surface area contributed by atoms with Gasteiger partial charge < -0.3 is 14.8 Å². The number of para-hydroxylation sites is 1. The van der Waals surface area contributed by atoms with Crippen LogP contribution in [0, 0.1) is 5.82 Å². The molecule has 2 aromatic rings. The Balaban J connectivity index is 1.53. The van der Waals surface area contributed by atoms with Gasteiger partial charge in [0.1, 0.15) is 24.3 Å². The summed E-state index contributed by atoms with van der Waals surface area (Å²) in [5.41, 5.74) is 1.88. The van der Waals surface area contributed by atoms with Crippen LogP contribution in [0.5, 0.6) is 5.75 Å². The maximum absolute atomic E-state index is 14.2. The number of amides is 1. The smallest absolute Gasteiger partial charge is 0.261 e. The summed E-state index contributed by atoms with van der Waals surface area (Å²) in [6.45, 7) is 8.73. The number of anilines is 1. The van der Waals surface area contributed by atoms with Crippen molar-refractivity contribution in [2.45, 2.75) is 51.2 Å². The topological polar surface area (TPSA) is 47.6 Å². The number of halogens is 1. The number of hydrogen-bond donors (Lipinski definition) is 1. The van der Waals surface area contributed by atoms with Crippen molar-refractivity contribution in [3.8, 4) is 5.75 Å². The first-order valence-electron chi connectivity index (χ1n) is 9.88. The molecular formula is C24H26FNO3. The van der Waals surface area contributed by atoms with Crippen molar-refractivity contribution >= 4 is 11.6 Å². The molecule has 4 rings (SSSR count). The molecule has 0 aromatic heterocycles. The van der Waals surface area contributed by atoms with Crippen molar-refractivity contribution in [1.82, 2.24) is 0 Å². The number of rotatable bonds is 3. The molecule has 2 aliphatic rings. The molecule has 1 amide bonds. The maximum atomic E-state index is 14.2. The molecule has 2 heterocycles. The van der Waals surface area contributed by atoms with Gasteiger partial charge in [-0.25, -0.2) is 4.39 Å². The molecule has 2 aliphatic heterocycles. The Morgan fingerprint density at radius 2 is 1.93 bits per heavy atom. The van der Waals surface area contributed by atoms with Crippen LogP contribution in [0.1, 0.15) is 45.2 Å². The number of fused-ring (bicyclic) bond motifs is 2. The predicted molar refractivity (Wildman–Crippen MR) is 111 cm³/mol. The SMILES string of the molecule is CC1=C[C@@H](COc2ccc(C(C)(C)C)cc2)O[C@@]2(C1)C(=O)Nc1c(F)cccc12. The lowest BCUT2D eigenvalue weighted by molar-refractivity contribution is -0.151. The lowest BCUT2D eigenvalue weighted by Crippen LogP contribution is -2.44. The van der Waals surface area contributed by atoms with E-state index in [-0.39, 0.29) is 23.6 Å². The van der Waals surface area contributed by atoms with E-state index in [4.69, 9.17) is 9.47 Å². The molecule has 0 radical (unpaired) electrons. The van der Waals surface area contributed by atoms with E-state index in [1.165, 1.54) is 11.6 Å². The minimum Gasteiger partial charge on any atom is -0.491 e. The lowest BCUT2D eigenvalue weighted by Gasteiger charge is -2.35. The van der Waals surface area contributed by atoms with Crippen LogP contribution in [0.2, 0.25) is 0 Å². The van der Waals surface area contributed by atoms with E-state index in [9.17, 15) is 9.18 Å². The van der Waals surface area contributed by atoms with E-state index >= 15 is 0 Å². The summed E-state index contributed by atoms with van der Waals surface area (Å²) < 4.78 is 26.3. The average Bonchev–Trinajstić information content (AvgIpc) is 2.92. The fourth-order valence-corrected chi connectivity index (χ4v) is 4.03. The standard InChI is InChI=1S/C24H26FNO3/c1-15-12-18(14-28-17-10-8-16(9-11-17)23(2,3)4)29-24(13-15)19-6-5-7-20(25)21(19)26-22(24)27/h5-12,18H,13-14H2,1-4H3,(H,26,27)/t18-,24+/m0/s1. The van der Waals surface area contributed by atoms with Crippen LogP contribution in [0.4, 0.5) is 10.1 Å². The largest absolute Gasteiger partial charge is 0.491 e. The molecule has 152 valence electrons. The first-order chi connectivity index (χ1) is 13.7. The highest BCUT2D eigenvalue weighted by molar-refractivity contribution is 6.05. The number of carbonyl (C=O) groups excluding carboxylic acids is 1. The number of benzene rings is 2. The van der Waals surface area contributed by atoms with Gasteiger partial charge in [0.25, 0.3) is 5.91 Å². The molecule has 0 saturated heterocycles. The highest BCUT2D eigenvalue weighted by Gasteiger charge is 2.51. The van der Waals surface area contributed by atoms with E-state index in [0.29, 0.717) is 12.0 Å². The zero-order chi connectivity index (χ0) is 20.8. The summed E-state index contributed by atoms with van der Waals surface area (Å²) in [7, 11) is 0. The zero-order valence-corrected chi connectivity index (χ0v) is 17.2. The van der Waals surface area contributed by atoms with Crippen molar-refractivity contribution in [2.75, 3.05) is 11.9 Å². The number of hydrogen-bond acceptors (Lipinski definition) is 3. The fraction of sp³-hybridized carbons (Fsp3) is 0.375. The molecule has 0 unspecified atom stereocenters. The maximum Gasteiger partial charge on any atom is 0.261 e. The molecular weight excluding hydrogens is 369 g/mol. The molecule has 2 aromatic carbocycles. The second-order valence-corrected chi connectivity index (χ2v) is 8.88. The highest BCUT2D eigenvalue weighted by Crippen LogP contribution is 2.46.